The minimum absolute atomic E-state index is 0.0179. The molecule has 0 aromatic heterocycles. The molecule has 0 saturated heterocycles. The molecule has 8 heteroatoms. The number of carbonyl (C=O) groups is 3. The van der Waals surface area contributed by atoms with Crippen molar-refractivity contribution in [2.24, 2.45) is 22.7 Å². The number of rotatable bonds is 4. The van der Waals surface area contributed by atoms with E-state index >= 15 is 0 Å². The van der Waals surface area contributed by atoms with Gasteiger partial charge in [0.2, 0.25) is 0 Å². The molecule has 0 heterocycles. The number of carbonyl (C=O) groups excluding carboxylic acids is 2. The normalized spacial score (nSPS) is 45.0. The number of hydrogen-bond donors (Lipinski definition) is 5. The van der Waals surface area contributed by atoms with Crippen LogP contribution in [0.15, 0.2) is 23.3 Å². The van der Waals surface area contributed by atoms with E-state index in [0.29, 0.717) is 31.3 Å². The van der Waals surface area contributed by atoms with Crippen molar-refractivity contribution in [2.75, 3.05) is 0 Å². The molecule has 4 aliphatic carbocycles. The Morgan fingerprint density at radius 1 is 1.23 bits per heavy atom. The smallest absolute Gasteiger partial charge is 0.306 e. The maximum absolute atomic E-state index is 13.0. The van der Waals surface area contributed by atoms with E-state index < -0.39 is 52.9 Å². The number of aliphatic hydroxyl groups excluding tert-OH is 3. The first-order chi connectivity index (χ1) is 14.4. The van der Waals surface area contributed by atoms with E-state index in [1.807, 2.05) is 6.92 Å². The molecular weight excluding hydrogens is 404 g/mol. The van der Waals surface area contributed by atoms with Crippen LogP contribution in [0, 0.1) is 22.7 Å². The number of allylic oxidation sites excluding steroid dienone is 2. The van der Waals surface area contributed by atoms with Gasteiger partial charge in [0.15, 0.2) is 17.2 Å². The fraction of sp³-hybridized carbons (Fsp3) is 0.696. The van der Waals surface area contributed by atoms with Gasteiger partial charge in [-0.2, -0.15) is 0 Å². The minimum Gasteiger partial charge on any atom is -0.481 e. The third kappa shape index (κ3) is 2.92. The van der Waals surface area contributed by atoms with Gasteiger partial charge in [-0.05, 0) is 43.1 Å². The zero-order valence-electron chi connectivity index (χ0n) is 17.7. The number of fused-ring (bicyclic) bond motifs is 5. The van der Waals surface area contributed by atoms with Crippen LogP contribution in [-0.2, 0) is 14.4 Å². The monoisotopic (exact) mass is 434 g/mol. The Morgan fingerprint density at radius 2 is 1.90 bits per heavy atom. The topological polar surface area (TPSA) is 152 Å². The van der Waals surface area contributed by atoms with Gasteiger partial charge >= 0.3 is 5.97 Å². The highest BCUT2D eigenvalue weighted by atomic mass is 16.4. The molecule has 0 aliphatic heterocycles. The summed E-state index contributed by atoms with van der Waals surface area (Å²) >= 11 is 0. The molecule has 170 valence electrons. The second-order valence-corrected chi connectivity index (χ2v) is 10.1. The van der Waals surface area contributed by atoms with E-state index in [0.717, 1.165) is 5.57 Å². The highest BCUT2D eigenvalue weighted by Gasteiger charge is 2.69. The lowest BCUT2D eigenvalue weighted by Crippen LogP contribution is -2.64. The summed E-state index contributed by atoms with van der Waals surface area (Å²) in [5.41, 5.74) is -2.47. The maximum Gasteiger partial charge on any atom is 0.306 e. The number of aliphatic carboxylic acids is 1. The van der Waals surface area contributed by atoms with E-state index in [4.69, 9.17) is 5.11 Å². The molecule has 4 aliphatic rings. The lowest BCUT2D eigenvalue weighted by molar-refractivity contribution is -0.182. The number of Topliss-reactive ketones (excluding diaryl/α,β-unsaturated/α-hetero) is 1. The first kappa shape index (κ1) is 22.3. The van der Waals surface area contributed by atoms with Gasteiger partial charge in [0.1, 0.15) is 12.2 Å². The van der Waals surface area contributed by atoms with Crippen LogP contribution in [0.2, 0.25) is 0 Å². The number of hydrogen-bond acceptors (Lipinski definition) is 7. The van der Waals surface area contributed by atoms with Gasteiger partial charge < -0.3 is 25.5 Å². The molecule has 3 unspecified atom stereocenters. The largest absolute Gasteiger partial charge is 0.481 e. The van der Waals surface area contributed by atoms with Crippen molar-refractivity contribution in [1.29, 1.82) is 0 Å². The Bertz CT molecular complexity index is 905. The van der Waals surface area contributed by atoms with Crippen LogP contribution >= 0.6 is 0 Å². The lowest BCUT2D eigenvalue weighted by atomic mass is 9.46. The van der Waals surface area contributed by atoms with Gasteiger partial charge in [0.25, 0.3) is 0 Å². The molecule has 2 saturated carbocycles. The van der Waals surface area contributed by atoms with E-state index in [9.17, 15) is 34.8 Å². The van der Waals surface area contributed by atoms with Crippen molar-refractivity contribution >= 4 is 17.5 Å². The molecule has 0 spiro atoms. The van der Waals surface area contributed by atoms with Gasteiger partial charge in [-0.1, -0.05) is 31.1 Å². The summed E-state index contributed by atoms with van der Waals surface area (Å²) in [6.07, 6.45) is 0.0225. The van der Waals surface area contributed by atoms with Crippen LogP contribution in [0.5, 0.6) is 0 Å². The molecule has 31 heavy (non-hydrogen) atoms. The van der Waals surface area contributed by atoms with Crippen molar-refractivity contribution in [3.63, 3.8) is 0 Å². The van der Waals surface area contributed by atoms with Crippen LogP contribution in [0.1, 0.15) is 52.4 Å². The molecule has 8 atom stereocenters. The van der Waals surface area contributed by atoms with Gasteiger partial charge in [0, 0.05) is 17.8 Å². The summed E-state index contributed by atoms with van der Waals surface area (Å²) in [6, 6.07) is 0. The fourth-order valence-corrected chi connectivity index (χ4v) is 6.99. The molecule has 0 radical (unpaired) electrons. The maximum atomic E-state index is 13.0. The fourth-order valence-electron chi connectivity index (χ4n) is 6.99. The molecule has 8 nitrogen and oxygen atoms in total. The number of carboxylic acid groups (broad SMARTS) is 1. The molecule has 5 N–H and O–H groups in total. The summed E-state index contributed by atoms with van der Waals surface area (Å²) in [6.45, 7) is 3.64. The molecular formula is C23H30O8. The number of aliphatic hydroxyl groups is 4. The highest BCUT2D eigenvalue weighted by molar-refractivity contribution is 5.96. The van der Waals surface area contributed by atoms with Gasteiger partial charge in [-0.3, -0.25) is 14.4 Å². The van der Waals surface area contributed by atoms with Crippen LogP contribution in [0.4, 0.5) is 0 Å². The second kappa shape index (κ2) is 7.07. The Hall–Kier alpha value is -1.87. The SMILES string of the molecule is C[C@]12CCC(=O)C=C1CC[C@H]1C3=CC(O)[C@](O)(C(=O)C(O)CC(=O)O)[C@@]3(C)CC(O)[C@@H]12. The van der Waals surface area contributed by atoms with Gasteiger partial charge in [-0.15, -0.1) is 0 Å². The first-order valence-electron chi connectivity index (χ1n) is 10.8. The van der Waals surface area contributed by atoms with Gasteiger partial charge in [0.05, 0.1) is 12.5 Å². The lowest BCUT2D eigenvalue weighted by Gasteiger charge is -2.59. The van der Waals surface area contributed by atoms with Crippen molar-refractivity contribution < 1.29 is 39.9 Å². The molecule has 0 bridgehead atoms. The minimum atomic E-state index is -2.43. The third-order valence-electron chi connectivity index (χ3n) is 8.57. The van der Waals surface area contributed by atoms with Crippen LogP contribution in [0.3, 0.4) is 0 Å². The van der Waals surface area contributed by atoms with E-state index in [-0.39, 0.29) is 24.0 Å². The van der Waals surface area contributed by atoms with E-state index in [1.54, 1.807) is 13.0 Å². The number of ketones is 2. The molecule has 4 rings (SSSR count). The van der Waals surface area contributed by atoms with E-state index in [1.165, 1.54) is 6.08 Å². The highest BCUT2D eigenvalue weighted by Crippen LogP contribution is 2.65. The summed E-state index contributed by atoms with van der Waals surface area (Å²) in [4.78, 5) is 35.9. The summed E-state index contributed by atoms with van der Waals surface area (Å²) in [7, 11) is 0. The molecule has 0 aromatic rings. The van der Waals surface area contributed by atoms with Gasteiger partial charge in [-0.25, -0.2) is 0 Å². The summed E-state index contributed by atoms with van der Waals surface area (Å²) in [5.74, 6) is -2.90. The third-order valence-corrected chi connectivity index (χ3v) is 8.57. The van der Waals surface area contributed by atoms with Crippen molar-refractivity contribution in [3.05, 3.63) is 23.3 Å². The molecule has 0 amide bonds. The van der Waals surface area contributed by atoms with E-state index in [2.05, 4.69) is 0 Å². The Balaban J connectivity index is 1.73. The predicted octanol–water partition coefficient (Wildman–Crippen LogP) is 0.516. The second-order valence-electron chi connectivity index (χ2n) is 10.1. The standard InChI is InChI=1S/C23H30O8/c1-21-6-5-12(24)7-11(21)3-4-13-14-8-17(27)23(31,20(30)15(25)9-18(28)29)22(14,2)10-16(26)19(13)21/h7-8,13,15-17,19,25-27,31H,3-6,9-10H2,1-2H3,(H,28,29)/t13-,15?,16?,17?,19+,21-,22-,23-/m0/s1. The van der Waals surface area contributed by atoms with Crippen molar-refractivity contribution in [2.45, 2.75) is 76.3 Å². The predicted molar refractivity (Wildman–Crippen MR) is 108 cm³/mol. The van der Waals surface area contributed by atoms with Crippen molar-refractivity contribution in [1.82, 2.24) is 0 Å². The van der Waals surface area contributed by atoms with Crippen molar-refractivity contribution in [3.8, 4) is 0 Å². The molecule has 0 aromatic carbocycles. The van der Waals surface area contributed by atoms with Crippen LogP contribution in [-0.4, -0.2) is 67.0 Å². The average molecular weight is 434 g/mol. The van der Waals surface area contributed by atoms with Crippen LogP contribution in [0.25, 0.3) is 0 Å². The Kier molecular flexibility index (Phi) is 5.09. The average Bonchev–Trinajstić information content (AvgIpc) is 2.88. The summed E-state index contributed by atoms with van der Waals surface area (Å²) < 4.78 is 0. The zero-order chi connectivity index (χ0) is 22.9. The Labute approximate surface area is 180 Å². The molecule has 2 fully saturated rings. The zero-order valence-corrected chi connectivity index (χ0v) is 17.7. The quantitative estimate of drug-likeness (QED) is 0.402. The summed E-state index contributed by atoms with van der Waals surface area (Å²) in [5, 5.41) is 52.5. The number of carboxylic acids is 1. The first-order valence-corrected chi connectivity index (χ1v) is 10.8. The Morgan fingerprint density at radius 3 is 2.55 bits per heavy atom. The van der Waals surface area contributed by atoms with Crippen LogP contribution < -0.4 is 0 Å².